The number of fused-ring (bicyclic) bond motifs is 3. The Bertz CT molecular complexity index is 4700. The van der Waals surface area contributed by atoms with Gasteiger partial charge >= 0.3 is 0 Å². The SMILES string of the molecule is C.C.COc1ccc(Nc2c(-c3ccc(-c4c(C)noc4C)cc3)nc3ccccn23)cc1.Cc1noc(C)c1-c1ccc(-c2nc3ccccn3c2NC2CCCCC2)cc1.Cc1noc(C)c1-c1cccc(-c2nc3ccccn3c2NCc2ccccc2)c1. The Labute approximate surface area is 537 Å². The number of hydrogen-bond acceptors (Lipinski definition) is 13. The van der Waals surface area contributed by atoms with Crippen LogP contribution in [0.5, 0.6) is 5.75 Å². The Balaban J connectivity index is 0.000000140. The zero-order valence-corrected chi connectivity index (χ0v) is 51.5. The normalized spacial score (nSPS) is 12.1. The summed E-state index contributed by atoms with van der Waals surface area (Å²) in [6, 6.07) is 62.3. The van der Waals surface area contributed by atoms with Crippen LogP contribution in [0.25, 0.3) is 84.1 Å². The van der Waals surface area contributed by atoms with E-state index in [-0.39, 0.29) is 14.9 Å². The molecule has 5 aromatic carbocycles. The third-order valence-corrected chi connectivity index (χ3v) is 16.6. The average Bonchev–Trinajstić information content (AvgIpc) is 1.65. The predicted octanol–water partition coefficient (Wildman–Crippen LogP) is 19.2. The van der Waals surface area contributed by atoms with Crippen LogP contribution in [0, 0.1) is 41.5 Å². The van der Waals surface area contributed by atoms with Gasteiger partial charge in [-0.2, -0.15) is 0 Å². The largest absolute Gasteiger partial charge is 0.497 e. The topological polar surface area (TPSA) is 175 Å². The number of imidazole rings is 3. The molecule has 9 heterocycles. The first-order valence-electron chi connectivity index (χ1n) is 30.5. The molecule has 0 saturated heterocycles. The molecule has 3 N–H and O–H groups in total. The Kier molecular flexibility index (Phi) is 18.9. The summed E-state index contributed by atoms with van der Waals surface area (Å²) in [5, 5.41) is 23.2. The summed E-state index contributed by atoms with van der Waals surface area (Å²) in [5.74, 6) is 6.29. The van der Waals surface area contributed by atoms with Gasteiger partial charge in [0, 0.05) is 70.2 Å². The van der Waals surface area contributed by atoms with Crippen molar-refractivity contribution in [2.75, 3.05) is 23.1 Å². The zero-order chi connectivity index (χ0) is 61.7. The van der Waals surface area contributed by atoms with Gasteiger partial charge in [-0.3, -0.25) is 13.2 Å². The second-order valence-corrected chi connectivity index (χ2v) is 22.7. The van der Waals surface area contributed by atoms with Crippen LogP contribution in [0.2, 0.25) is 0 Å². The highest BCUT2D eigenvalue weighted by molar-refractivity contribution is 5.84. The van der Waals surface area contributed by atoms with Crippen LogP contribution >= 0.6 is 0 Å². The fourth-order valence-electron chi connectivity index (χ4n) is 12.1. The lowest BCUT2D eigenvalue weighted by Crippen LogP contribution is -2.23. The summed E-state index contributed by atoms with van der Waals surface area (Å²) in [6.45, 7) is 12.5. The number of anilines is 4. The van der Waals surface area contributed by atoms with Gasteiger partial charge in [0.25, 0.3) is 0 Å². The van der Waals surface area contributed by atoms with E-state index in [1.807, 2.05) is 127 Å². The number of aromatic nitrogens is 9. The minimum Gasteiger partial charge on any atom is -0.497 e. The number of nitrogens with zero attached hydrogens (tertiary/aromatic N) is 9. The van der Waals surface area contributed by atoms with Crippen LogP contribution < -0.4 is 20.7 Å². The fourth-order valence-corrected chi connectivity index (χ4v) is 12.1. The van der Waals surface area contributed by atoms with E-state index < -0.39 is 0 Å². The van der Waals surface area contributed by atoms with Gasteiger partial charge in [-0.25, -0.2) is 15.0 Å². The maximum Gasteiger partial charge on any atom is 0.143 e. The van der Waals surface area contributed by atoms with Crippen molar-refractivity contribution in [3.63, 3.8) is 0 Å². The summed E-state index contributed by atoms with van der Waals surface area (Å²) in [5.41, 5.74) is 20.1. The molecule has 0 amide bonds. The second-order valence-electron chi connectivity index (χ2n) is 22.7. The third-order valence-electron chi connectivity index (χ3n) is 16.6. The van der Waals surface area contributed by atoms with Gasteiger partial charge in [-0.1, -0.05) is 165 Å². The molecule has 14 aromatic rings. The summed E-state index contributed by atoms with van der Waals surface area (Å²) in [7, 11) is 1.66. The molecule has 0 unspecified atom stereocenters. The van der Waals surface area contributed by atoms with E-state index in [4.69, 9.17) is 33.3 Å². The van der Waals surface area contributed by atoms with Crippen molar-refractivity contribution in [3.05, 3.63) is 241 Å². The van der Waals surface area contributed by atoms with E-state index in [9.17, 15) is 0 Å². The maximum atomic E-state index is 5.37. The zero-order valence-electron chi connectivity index (χ0n) is 51.5. The molecule has 1 fully saturated rings. The van der Waals surface area contributed by atoms with E-state index in [2.05, 4.69) is 160 Å². The molecule has 466 valence electrons. The minimum atomic E-state index is 0. The average molecular weight is 1220 g/mol. The summed E-state index contributed by atoms with van der Waals surface area (Å²) in [6.07, 6.45) is 12.5. The third kappa shape index (κ3) is 13.0. The molecule has 0 atom stereocenters. The molecule has 0 spiro atoms. The lowest BCUT2D eigenvalue weighted by atomic mass is 9.95. The van der Waals surface area contributed by atoms with Gasteiger partial charge in [0.1, 0.15) is 74.5 Å². The Morgan fingerprint density at radius 2 is 0.870 bits per heavy atom. The molecule has 1 aliphatic rings. The second kappa shape index (κ2) is 27.8. The molecule has 15 rings (SSSR count). The number of rotatable bonds is 14. The van der Waals surface area contributed by atoms with Crippen LogP contribution in [0.1, 0.15) is 86.9 Å². The number of nitrogens with one attached hydrogen (secondary N) is 3. The molecule has 0 aliphatic heterocycles. The highest BCUT2D eigenvalue weighted by Gasteiger charge is 2.22. The van der Waals surface area contributed by atoms with Crippen LogP contribution in [0.3, 0.4) is 0 Å². The molecule has 0 radical (unpaired) electrons. The lowest BCUT2D eigenvalue weighted by Gasteiger charge is -2.24. The molecular weight excluding hydrogens is 1140 g/mol. The van der Waals surface area contributed by atoms with Crippen LogP contribution in [-0.4, -0.2) is 56.8 Å². The predicted molar refractivity (Wildman–Crippen MR) is 371 cm³/mol. The monoisotopic (exact) mass is 1220 g/mol. The van der Waals surface area contributed by atoms with Crippen molar-refractivity contribution >= 4 is 40.1 Å². The van der Waals surface area contributed by atoms with Crippen LogP contribution in [0.15, 0.2) is 214 Å². The number of methoxy groups -OCH3 is 1. The number of benzene rings is 5. The number of ether oxygens (including phenoxy) is 1. The first-order chi connectivity index (χ1) is 44.0. The molecule has 1 saturated carbocycles. The first kappa shape index (κ1) is 62.6. The van der Waals surface area contributed by atoms with E-state index in [0.29, 0.717) is 6.04 Å². The first-order valence-corrected chi connectivity index (χ1v) is 30.5. The summed E-state index contributed by atoms with van der Waals surface area (Å²) < 4.78 is 27.6. The smallest absolute Gasteiger partial charge is 0.143 e. The molecule has 16 heteroatoms. The van der Waals surface area contributed by atoms with E-state index in [1.165, 1.54) is 37.7 Å². The van der Waals surface area contributed by atoms with Crippen molar-refractivity contribution in [2.24, 2.45) is 0 Å². The van der Waals surface area contributed by atoms with Gasteiger partial charge < -0.3 is 34.3 Å². The quantitative estimate of drug-likeness (QED) is 0.0939. The Morgan fingerprint density at radius 3 is 1.36 bits per heavy atom. The van der Waals surface area contributed by atoms with Crippen molar-refractivity contribution in [1.82, 2.24) is 43.6 Å². The number of pyridine rings is 3. The highest BCUT2D eigenvalue weighted by atomic mass is 16.5. The Morgan fingerprint density at radius 1 is 0.435 bits per heavy atom. The van der Waals surface area contributed by atoms with Crippen molar-refractivity contribution < 1.29 is 18.3 Å². The van der Waals surface area contributed by atoms with Gasteiger partial charge in [0.15, 0.2) is 0 Å². The van der Waals surface area contributed by atoms with Crippen molar-refractivity contribution in [2.45, 2.75) is 101 Å². The summed E-state index contributed by atoms with van der Waals surface area (Å²) in [4.78, 5) is 14.8. The number of hydrogen-bond donors (Lipinski definition) is 3. The van der Waals surface area contributed by atoms with Crippen molar-refractivity contribution in [3.8, 4) is 72.9 Å². The molecule has 16 nitrogen and oxygen atoms in total. The van der Waals surface area contributed by atoms with E-state index >= 15 is 0 Å². The van der Waals surface area contributed by atoms with E-state index in [0.717, 1.165) is 154 Å². The lowest BCUT2D eigenvalue weighted by molar-refractivity contribution is 0.393. The standard InChI is InChI=1S/C25H22N4O2.C25H22N4O.C24H26N4O.2CH4/c1-16-23(17(2)31-28-16)18-7-9-19(10-8-18)24-25(29-15-5-4-6-22(29)27-24)26-20-11-13-21(30-3)14-12-20;1-17-23(18(2)30-28-17)20-11-8-12-21(15-20)24-25(26-16-19-9-4-3-5-10-19)29-14-7-6-13-22(29)27-24;1-16-22(17(2)29-27-16)18-11-13-19(14-12-18)23-24(25-20-8-4-3-5-9-20)28-15-7-6-10-21(28)26-23;;/h4-15,26H,1-3H3;3-15,26H,16H2,1-2H3;6-7,10-15,20,25H,3-5,8-9H2,1-2H3;2*1H4. The molecular formula is C76H78N12O4. The van der Waals surface area contributed by atoms with Gasteiger partial charge in [0.2, 0.25) is 0 Å². The molecule has 92 heavy (non-hydrogen) atoms. The Hall–Kier alpha value is -11.0. The minimum absolute atomic E-state index is 0. The van der Waals surface area contributed by atoms with Crippen LogP contribution in [-0.2, 0) is 6.54 Å². The summed E-state index contributed by atoms with van der Waals surface area (Å²) >= 11 is 0. The van der Waals surface area contributed by atoms with Gasteiger partial charge in [-0.15, -0.1) is 0 Å². The molecule has 1 aliphatic carbocycles. The van der Waals surface area contributed by atoms with E-state index in [1.54, 1.807) is 7.11 Å². The number of aryl methyl sites for hydroxylation is 6. The fraction of sp³-hybridized carbons (Fsp3) is 0.211. The van der Waals surface area contributed by atoms with Crippen molar-refractivity contribution in [1.29, 1.82) is 0 Å². The highest BCUT2D eigenvalue weighted by Crippen LogP contribution is 2.38. The van der Waals surface area contributed by atoms with Gasteiger partial charge in [0.05, 0.1) is 24.2 Å². The van der Waals surface area contributed by atoms with Gasteiger partial charge in [-0.05, 0) is 143 Å². The van der Waals surface area contributed by atoms with Crippen LogP contribution in [0.4, 0.5) is 23.1 Å². The molecule has 0 bridgehead atoms. The molecule has 9 aromatic heterocycles. The maximum absolute atomic E-state index is 5.37.